The lowest BCUT2D eigenvalue weighted by Crippen LogP contribution is -2.16. The van der Waals surface area contributed by atoms with Crippen molar-refractivity contribution in [2.24, 2.45) is 0 Å². The topological polar surface area (TPSA) is 69.7 Å². The van der Waals surface area contributed by atoms with Crippen molar-refractivity contribution >= 4 is 25.5 Å². The number of ketones is 1. The fourth-order valence-corrected chi connectivity index (χ4v) is 2.38. The molecule has 2 rings (SSSR count). The molecule has 7 heteroatoms. The third-order valence-electron chi connectivity index (χ3n) is 2.41. The van der Waals surface area contributed by atoms with E-state index >= 15 is 0 Å². The number of ether oxygens (including phenoxy) is 2. The van der Waals surface area contributed by atoms with E-state index in [0.717, 1.165) is 0 Å². The molecule has 92 valence electrons. The van der Waals surface area contributed by atoms with Crippen molar-refractivity contribution in [3.8, 4) is 11.5 Å². The van der Waals surface area contributed by atoms with E-state index in [9.17, 15) is 13.2 Å². The van der Waals surface area contributed by atoms with Gasteiger partial charge in [0.25, 0.3) is 9.05 Å². The van der Waals surface area contributed by atoms with Gasteiger partial charge in [0.1, 0.15) is 0 Å². The van der Waals surface area contributed by atoms with Crippen molar-refractivity contribution in [3.63, 3.8) is 0 Å². The van der Waals surface area contributed by atoms with E-state index in [1.54, 1.807) is 0 Å². The van der Waals surface area contributed by atoms with Gasteiger partial charge in [0.2, 0.25) is 0 Å². The third kappa shape index (κ3) is 2.23. The summed E-state index contributed by atoms with van der Waals surface area (Å²) in [5.41, 5.74) is 0.190. The van der Waals surface area contributed by atoms with Crippen LogP contribution in [0, 0.1) is 0 Å². The molecule has 0 fully saturated rings. The van der Waals surface area contributed by atoms with Crippen LogP contribution in [0.1, 0.15) is 16.8 Å². The highest BCUT2D eigenvalue weighted by atomic mass is 35.7. The molecule has 0 saturated carbocycles. The van der Waals surface area contributed by atoms with Gasteiger partial charge in [-0.05, 0) is 6.07 Å². The van der Waals surface area contributed by atoms with Crippen LogP contribution in [0.5, 0.6) is 11.5 Å². The molecule has 0 radical (unpaired) electrons. The molecule has 1 aliphatic heterocycles. The number of rotatable bonds is 2. The predicted molar refractivity (Wildman–Crippen MR) is 60.5 cm³/mol. The molecule has 1 aromatic carbocycles. The van der Waals surface area contributed by atoms with Crippen LogP contribution in [-0.4, -0.2) is 27.9 Å². The molecular formula is C10H9ClO5S. The zero-order chi connectivity index (χ0) is 12.6. The van der Waals surface area contributed by atoms with Gasteiger partial charge in [-0.3, -0.25) is 4.79 Å². The molecule has 5 nitrogen and oxygen atoms in total. The quantitative estimate of drug-likeness (QED) is 0.767. The van der Waals surface area contributed by atoms with Crippen LogP contribution in [0.25, 0.3) is 0 Å². The standard InChI is InChI=1S/C10H9ClO5S/c1-15-9-5-6(17(11,13)14)4-7-8(12)2-3-16-10(7)9/h4-5H,2-3H2,1H3. The number of hydrogen-bond acceptors (Lipinski definition) is 5. The summed E-state index contributed by atoms with van der Waals surface area (Å²) in [5.74, 6) is 0.273. The lowest BCUT2D eigenvalue weighted by Gasteiger charge is -2.19. The average Bonchev–Trinajstić information content (AvgIpc) is 2.27. The highest BCUT2D eigenvalue weighted by molar-refractivity contribution is 8.13. The minimum Gasteiger partial charge on any atom is -0.493 e. The number of carbonyl (C=O) groups is 1. The number of Topliss-reactive ketones (excluding diaryl/α,β-unsaturated/α-hetero) is 1. The molecule has 0 bridgehead atoms. The minimum atomic E-state index is -3.91. The maximum absolute atomic E-state index is 11.7. The lowest BCUT2D eigenvalue weighted by molar-refractivity contribution is 0.0930. The van der Waals surface area contributed by atoms with Crippen molar-refractivity contribution < 1.29 is 22.7 Å². The van der Waals surface area contributed by atoms with Crippen LogP contribution < -0.4 is 9.47 Å². The number of hydrogen-bond donors (Lipinski definition) is 0. The predicted octanol–water partition coefficient (Wildman–Crippen LogP) is 1.59. The van der Waals surface area contributed by atoms with Gasteiger partial charge in [0.05, 0.1) is 24.2 Å². The van der Waals surface area contributed by atoms with Crippen LogP contribution in [0.3, 0.4) is 0 Å². The normalized spacial score (nSPS) is 15.1. The van der Waals surface area contributed by atoms with E-state index in [0.29, 0.717) is 0 Å². The monoisotopic (exact) mass is 276 g/mol. The Hall–Kier alpha value is -1.27. The summed E-state index contributed by atoms with van der Waals surface area (Å²) in [7, 11) is 2.70. The van der Waals surface area contributed by atoms with Crippen molar-refractivity contribution in [1.82, 2.24) is 0 Å². The van der Waals surface area contributed by atoms with Crippen LogP contribution in [0.4, 0.5) is 0 Å². The summed E-state index contributed by atoms with van der Waals surface area (Å²) in [4.78, 5) is 11.5. The second-order valence-corrected chi connectivity index (χ2v) is 6.03. The number of halogens is 1. The van der Waals surface area contributed by atoms with E-state index < -0.39 is 9.05 Å². The maximum Gasteiger partial charge on any atom is 0.261 e. The largest absolute Gasteiger partial charge is 0.493 e. The zero-order valence-electron chi connectivity index (χ0n) is 8.90. The van der Waals surface area contributed by atoms with Crippen molar-refractivity contribution in [2.75, 3.05) is 13.7 Å². The van der Waals surface area contributed by atoms with Gasteiger partial charge in [0, 0.05) is 23.2 Å². The smallest absolute Gasteiger partial charge is 0.261 e. The van der Waals surface area contributed by atoms with Gasteiger partial charge in [-0.25, -0.2) is 8.42 Å². The van der Waals surface area contributed by atoms with Gasteiger partial charge in [-0.1, -0.05) is 0 Å². The van der Waals surface area contributed by atoms with E-state index in [1.807, 2.05) is 0 Å². The molecule has 0 aromatic heterocycles. The van der Waals surface area contributed by atoms with Gasteiger partial charge < -0.3 is 9.47 Å². The Labute approximate surface area is 103 Å². The summed E-state index contributed by atoms with van der Waals surface area (Å²) in [6.45, 7) is 0.259. The molecular weight excluding hydrogens is 268 g/mol. The third-order valence-corrected chi connectivity index (χ3v) is 3.74. The van der Waals surface area contributed by atoms with Crippen molar-refractivity contribution in [3.05, 3.63) is 17.7 Å². The van der Waals surface area contributed by atoms with Gasteiger partial charge >= 0.3 is 0 Å². The Morgan fingerprint density at radius 1 is 1.41 bits per heavy atom. The second-order valence-electron chi connectivity index (χ2n) is 3.46. The highest BCUT2D eigenvalue weighted by Gasteiger charge is 2.26. The molecule has 1 heterocycles. The summed E-state index contributed by atoms with van der Waals surface area (Å²) >= 11 is 0. The average molecular weight is 277 g/mol. The van der Waals surface area contributed by atoms with Gasteiger partial charge in [-0.2, -0.15) is 0 Å². The molecule has 1 aromatic rings. The Balaban J connectivity index is 2.70. The first kappa shape index (κ1) is 12.2. The summed E-state index contributed by atoms with van der Waals surface area (Å²) in [6.07, 6.45) is 0.210. The first-order valence-electron chi connectivity index (χ1n) is 4.76. The Morgan fingerprint density at radius 3 is 2.71 bits per heavy atom. The van der Waals surface area contributed by atoms with Crippen molar-refractivity contribution in [2.45, 2.75) is 11.3 Å². The molecule has 0 unspecified atom stereocenters. The van der Waals surface area contributed by atoms with Crippen LogP contribution in [0.15, 0.2) is 17.0 Å². The number of methoxy groups -OCH3 is 1. The minimum absolute atomic E-state index is 0.173. The van der Waals surface area contributed by atoms with Crippen molar-refractivity contribution in [1.29, 1.82) is 0 Å². The molecule has 17 heavy (non-hydrogen) atoms. The van der Waals surface area contributed by atoms with E-state index in [-0.39, 0.29) is 40.8 Å². The summed E-state index contributed by atoms with van der Waals surface area (Å²) in [5, 5.41) is 0. The fourth-order valence-electron chi connectivity index (χ4n) is 1.61. The molecule has 0 N–H and O–H groups in total. The first-order valence-corrected chi connectivity index (χ1v) is 7.07. The van der Waals surface area contributed by atoms with E-state index in [2.05, 4.69) is 0 Å². The molecule has 0 spiro atoms. The first-order chi connectivity index (χ1) is 7.93. The maximum atomic E-state index is 11.7. The van der Waals surface area contributed by atoms with E-state index in [1.165, 1.54) is 19.2 Å². The lowest BCUT2D eigenvalue weighted by atomic mass is 10.0. The van der Waals surface area contributed by atoms with Gasteiger partial charge in [0.15, 0.2) is 17.3 Å². The Morgan fingerprint density at radius 2 is 2.12 bits per heavy atom. The molecule has 1 aliphatic rings. The zero-order valence-corrected chi connectivity index (χ0v) is 10.5. The van der Waals surface area contributed by atoms with Crippen LogP contribution in [-0.2, 0) is 9.05 Å². The Bertz CT molecular complexity index is 579. The van der Waals surface area contributed by atoms with Crippen LogP contribution in [0.2, 0.25) is 0 Å². The number of fused-ring (bicyclic) bond motifs is 1. The highest BCUT2D eigenvalue weighted by Crippen LogP contribution is 2.37. The van der Waals surface area contributed by atoms with Crippen LogP contribution >= 0.6 is 10.7 Å². The SMILES string of the molecule is COc1cc(S(=O)(=O)Cl)cc2c1OCCC2=O. The summed E-state index contributed by atoms with van der Waals surface area (Å²) < 4.78 is 32.8. The van der Waals surface area contributed by atoms with Gasteiger partial charge in [-0.15, -0.1) is 0 Å². The molecule has 0 aliphatic carbocycles. The number of benzene rings is 1. The number of carbonyl (C=O) groups excluding carboxylic acids is 1. The molecule has 0 amide bonds. The second kappa shape index (κ2) is 4.19. The molecule has 0 atom stereocenters. The van der Waals surface area contributed by atoms with E-state index in [4.69, 9.17) is 20.2 Å². The molecule has 0 saturated heterocycles. The Kier molecular flexibility index (Phi) is 3.01. The summed E-state index contributed by atoms with van der Waals surface area (Å²) in [6, 6.07) is 2.45. The fraction of sp³-hybridized carbons (Fsp3) is 0.300.